The summed E-state index contributed by atoms with van der Waals surface area (Å²) >= 11 is 0. The van der Waals surface area contributed by atoms with Gasteiger partial charge in [-0.2, -0.15) is 0 Å². The summed E-state index contributed by atoms with van der Waals surface area (Å²) in [5, 5.41) is 0. The summed E-state index contributed by atoms with van der Waals surface area (Å²) in [6.45, 7) is 6.82. The molecule has 4 saturated carbocycles. The van der Waals surface area contributed by atoms with Crippen molar-refractivity contribution in [2.45, 2.75) is 97.5 Å². The average Bonchev–Trinajstić information content (AvgIpc) is 2.91. The summed E-state index contributed by atoms with van der Waals surface area (Å²) in [6.07, 6.45) is 11.7. The second kappa shape index (κ2) is 6.63. The minimum Gasteiger partial charge on any atom is -0.462 e. The molecule has 4 aliphatic carbocycles. The Morgan fingerprint density at radius 3 is 2.65 bits per heavy atom. The van der Waals surface area contributed by atoms with Crippen molar-refractivity contribution in [2.24, 2.45) is 34.5 Å². The van der Waals surface area contributed by atoms with Crippen molar-refractivity contribution in [3.05, 3.63) is 0 Å². The molecule has 7 atom stereocenters. The Morgan fingerprint density at radius 1 is 1.08 bits per heavy atom. The molecule has 26 heavy (non-hydrogen) atoms. The Labute approximate surface area is 158 Å². The normalized spacial score (nSPS) is 47.7. The van der Waals surface area contributed by atoms with Crippen LogP contribution in [0.5, 0.6) is 0 Å². The molecule has 0 aromatic carbocycles. The van der Waals surface area contributed by atoms with E-state index >= 15 is 0 Å². The lowest BCUT2D eigenvalue weighted by Gasteiger charge is -2.60. The fraction of sp³-hybridized carbons (Fsp3) is 0.913. The molecule has 3 nitrogen and oxygen atoms in total. The van der Waals surface area contributed by atoms with Crippen LogP contribution in [0.25, 0.3) is 0 Å². The van der Waals surface area contributed by atoms with E-state index in [4.69, 9.17) is 4.74 Å². The van der Waals surface area contributed by atoms with Gasteiger partial charge in [0.05, 0.1) is 0 Å². The Hall–Kier alpha value is -0.860. The van der Waals surface area contributed by atoms with E-state index in [9.17, 15) is 9.59 Å². The molecule has 4 aliphatic rings. The highest BCUT2D eigenvalue weighted by atomic mass is 16.5. The van der Waals surface area contributed by atoms with Crippen molar-refractivity contribution < 1.29 is 14.3 Å². The maximum Gasteiger partial charge on any atom is 0.306 e. The average molecular weight is 361 g/mol. The fourth-order valence-corrected chi connectivity index (χ4v) is 7.55. The zero-order chi connectivity index (χ0) is 18.5. The molecule has 0 amide bonds. The quantitative estimate of drug-likeness (QED) is 0.641. The Bertz CT molecular complexity index is 584. The number of esters is 1. The summed E-state index contributed by atoms with van der Waals surface area (Å²) in [5.74, 6) is 3.38. The molecule has 0 aromatic heterocycles. The van der Waals surface area contributed by atoms with Crippen molar-refractivity contribution in [3.8, 4) is 0 Å². The number of ketones is 1. The van der Waals surface area contributed by atoms with E-state index in [0.29, 0.717) is 29.5 Å². The first kappa shape index (κ1) is 18.5. The highest BCUT2D eigenvalue weighted by molar-refractivity contribution is 5.87. The molecule has 146 valence electrons. The third kappa shape index (κ3) is 2.76. The van der Waals surface area contributed by atoms with Crippen LogP contribution in [-0.2, 0) is 14.3 Å². The first-order valence-electron chi connectivity index (χ1n) is 11.1. The van der Waals surface area contributed by atoms with Crippen LogP contribution in [0, 0.1) is 34.5 Å². The van der Waals surface area contributed by atoms with E-state index in [-0.39, 0.29) is 17.5 Å². The van der Waals surface area contributed by atoms with Gasteiger partial charge in [-0.15, -0.1) is 0 Å². The number of hydrogen-bond donors (Lipinski definition) is 0. The predicted molar refractivity (Wildman–Crippen MR) is 102 cm³/mol. The SMILES string of the molecule is CCCC(=O)OC1CCC2(C)C(CCC3C4CCC(=O)C4(C)CCC32)C1. The lowest BCUT2D eigenvalue weighted by atomic mass is 9.45. The molecule has 4 rings (SSSR count). The third-order valence-electron chi connectivity index (χ3n) is 9.08. The number of carbonyl (C=O) groups is 2. The fourth-order valence-electron chi connectivity index (χ4n) is 7.55. The maximum atomic E-state index is 12.5. The van der Waals surface area contributed by atoms with Gasteiger partial charge in [0.2, 0.25) is 0 Å². The number of rotatable bonds is 3. The van der Waals surface area contributed by atoms with Crippen molar-refractivity contribution >= 4 is 11.8 Å². The van der Waals surface area contributed by atoms with Crippen LogP contribution in [-0.4, -0.2) is 17.9 Å². The molecule has 0 spiro atoms. The zero-order valence-electron chi connectivity index (χ0n) is 16.9. The number of hydrogen-bond acceptors (Lipinski definition) is 3. The standard InChI is InChI=1S/C23H36O3/c1-4-5-21(25)26-16-10-12-22(2)15(14-16)6-7-17-18-8-9-20(24)23(18,3)13-11-19(17)22/h15-19H,4-14H2,1-3H3. The summed E-state index contributed by atoms with van der Waals surface area (Å²) in [4.78, 5) is 24.4. The molecular formula is C23H36O3. The molecule has 7 unspecified atom stereocenters. The van der Waals surface area contributed by atoms with Gasteiger partial charge in [-0.3, -0.25) is 9.59 Å². The van der Waals surface area contributed by atoms with Crippen molar-refractivity contribution in [3.63, 3.8) is 0 Å². The molecule has 0 aromatic rings. The zero-order valence-corrected chi connectivity index (χ0v) is 16.9. The van der Waals surface area contributed by atoms with Crippen molar-refractivity contribution in [1.82, 2.24) is 0 Å². The molecule has 4 fully saturated rings. The Balaban J connectivity index is 1.47. The number of ether oxygens (including phenoxy) is 1. The van der Waals surface area contributed by atoms with E-state index in [1.54, 1.807) is 0 Å². The highest BCUT2D eigenvalue weighted by Gasteiger charge is 2.60. The number of carbonyl (C=O) groups excluding carboxylic acids is 2. The summed E-state index contributed by atoms with van der Waals surface area (Å²) in [7, 11) is 0. The molecule has 0 heterocycles. The van der Waals surface area contributed by atoms with Crippen LogP contribution >= 0.6 is 0 Å². The van der Waals surface area contributed by atoms with Crippen LogP contribution in [0.3, 0.4) is 0 Å². The predicted octanol–water partition coefficient (Wildman–Crippen LogP) is 5.31. The first-order chi connectivity index (χ1) is 12.4. The first-order valence-corrected chi connectivity index (χ1v) is 11.1. The van der Waals surface area contributed by atoms with E-state index < -0.39 is 0 Å². The van der Waals surface area contributed by atoms with E-state index in [1.165, 1.54) is 25.7 Å². The van der Waals surface area contributed by atoms with Crippen molar-refractivity contribution in [2.75, 3.05) is 0 Å². The van der Waals surface area contributed by atoms with Gasteiger partial charge in [-0.25, -0.2) is 0 Å². The van der Waals surface area contributed by atoms with Gasteiger partial charge < -0.3 is 4.74 Å². The molecule has 0 saturated heterocycles. The maximum absolute atomic E-state index is 12.5. The van der Waals surface area contributed by atoms with Gasteiger partial charge >= 0.3 is 5.97 Å². The monoisotopic (exact) mass is 360 g/mol. The third-order valence-corrected chi connectivity index (χ3v) is 9.08. The molecule has 3 heteroatoms. The van der Waals surface area contributed by atoms with Gasteiger partial charge in [-0.05, 0) is 86.9 Å². The van der Waals surface area contributed by atoms with Gasteiger partial charge in [0.1, 0.15) is 11.9 Å². The van der Waals surface area contributed by atoms with Gasteiger partial charge in [0, 0.05) is 18.3 Å². The lowest BCUT2D eigenvalue weighted by Crippen LogP contribution is -2.54. The van der Waals surface area contributed by atoms with Crippen LogP contribution in [0.1, 0.15) is 91.4 Å². The molecule has 0 aliphatic heterocycles. The van der Waals surface area contributed by atoms with Crippen LogP contribution in [0.4, 0.5) is 0 Å². The van der Waals surface area contributed by atoms with E-state index in [1.807, 2.05) is 6.92 Å². The van der Waals surface area contributed by atoms with E-state index in [2.05, 4.69) is 13.8 Å². The summed E-state index contributed by atoms with van der Waals surface area (Å²) < 4.78 is 5.78. The van der Waals surface area contributed by atoms with Crippen LogP contribution in [0.2, 0.25) is 0 Å². The van der Waals surface area contributed by atoms with Crippen molar-refractivity contribution in [1.29, 1.82) is 0 Å². The smallest absolute Gasteiger partial charge is 0.306 e. The molecule has 0 bridgehead atoms. The molecule has 0 radical (unpaired) electrons. The largest absolute Gasteiger partial charge is 0.462 e. The van der Waals surface area contributed by atoms with E-state index in [0.717, 1.165) is 50.4 Å². The number of Topliss-reactive ketones (excluding diaryl/α,β-unsaturated/α-hetero) is 1. The summed E-state index contributed by atoms with van der Waals surface area (Å²) in [6, 6.07) is 0. The highest BCUT2D eigenvalue weighted by Crippen LogP contribution is 2.65. The molecular weight excluding hydrogens is 324 g/mol. The summed E-state index contributed by atoms with van der Waals surface area (Å²) in [5.41, 5.74) is 0.376. The number of fused-ring (bicyclic) bond motifs is 5. The minimum absolute atomic E-state index is 0.00677. The van der Waals surface area contributed by atoms with Gasteiger partial charge in [0.25, 0.3) is 0 Å². The van der Waals surface area contributed by atoms with Gasteiger partial charge in [0.15, 0.2) is 0 Å². The Morgan fingerprint density at radius 2 is 1.88 bits per heavy atom. The van der Waals surface area contributed by atoms with Crippen LogP contribution in [0.15, 0.2) is 0 Å². The molecule has 0 N–H and O–H groups in total. The topological polar surface area (TPSA) is 43.4 Å². The minimum atomic E-state index is -0.0166. The lowest BCUT2D eigenvalue weighted by molar-refractivity contribution is -0.162. The Kier molecular flexibility index (Phi) is 4.72. The van der Waals surface area contributed by atoms with Crippen LogP contribution < -0.4 is 0 Å². The second-order valence-corrected chi connectivity index (χ2v) is 10.2. The van der Waals surface area contributed by atoms with Gasteiger partial charge in [-0.1, -0.05) is 20.8 Å². The second-order valence-electron chi connectivity index (χ2n) is 10.2.